The second-order valence-corrected chi connectivity index (χ2v) is 5.15. The molecule has 112 valence electrons. The van der Waals surface area contributed by atoms with Crippen molar-refractivity contribution in [2.75, 3.05) is 13.7 Å². The molecule has 0 aromatic heterocycles. The maximum Gasteiger partial charge on any atom is 0.237 e. The van der Waals surface area contributed by atoms with Crippen LogP contribution >= 0.6 is 0 Å². The van der Waals surface area contributed by atoms with Crippen molar-refractivity contribution in [1.29, 1.82) is 0 Å². The van der Waals surface area contributed by atoms with Gasteiger partial charge in [-0.2, -0.15) is 5.06 Å². The lowest BCUT2D eigenvalue weighted by Gasteiger charge is -2.11. The van der Waals surface area contributed by atoms with Crippen LogP contribution in [0.1, 0.15) is 24.0 Å². The van der Waals surface area contributed by atoms with Crippen LogP contribution in [0.5, 0.6) is 0 Å². The van der Waals surface area contributed by atoms with E-state index in [1.165, 1.54) is 7.11 Å². The molecule has 0 bridgehead atoms. The number of hydrogen-bond acceptors (Lipinski definition) is 5. The zero-order chi connectivity index (χ0) is 14.7. The molecule has 1 saturated heterocycles. The number of carbonyl (C=O) groups is 1. The Morgan fingerprint density at radius 3 is 2.90 bits per heavy atom. The predicted octanol–water partition coefficient (Wildman–Crippen LogP) is 1.16. The van der Waals surface area contributed by atoms with E-state index in [-0.39, 0.29) is 11.9 Å². The lowest BCUT2D eigenvalue weighted by atomic mass is 10.1. The molecule has 6 nitrogen and oxygen atoms in total. The average Bonchev–Trinajstić information content (AvgIpc) is 3.05. The number of nitrogens with zero attached hydrogens (tertiary/aromatic N) is 1. The number of benzene rings is 1. The number of nitrogens with one attached hydrogen (secondary N) is 2. The van der Waals surface area contributed by atoms with E-state index in [1.807, 2.05) is 30.5 Å². The lowest BCUT2D eigenvalue weighted by molar-refractivity contribution is -0.362. The van der Waals surface area contributed by atoms with Gasteiger partial charge in [0.15, 0.2) is 0 Å². The average molecular weight is 289 g/mol. The van der Waals surface area contributed by atoms with E-state index in [0.717, 1.165) is 36.2 Å². The third-order valence-corrected chi connectivity index (χ3v) is 3.66. The van der Waals surface area contributed by atoms with Gasteiger partial charge in [0.2, 0.25) is 5.91 Å². The highest BCUT2D eigenvalue weighted by Crippen LogP contribution is 2.32. The second-order valence-electron chi connectivity index (χ2n) is 5.15. The van der Waals surface area contributed by atoms with Gasteiger partial charge in [0.05, 0.1) is 25.0 Å². The fourth-order valence-corrected chi connectivity index (χ4v) is 2.44. The Kier molecular flexibility index (Phi) is 4.19. The van der Waals surface area contributed by atoms with Crippen molar-refractivity contribution < 1.29 is 14.7 Å². The summed E-state index contributed by atoms with van der Waals surface area (Å²) < 4.78 is 0. The molecule has 1 fully saturated rings. The van der Waals surface area contributed by atoms with Crippen molar-refractivity contribution in [1.82, 2.24) is 15.7 Å². The monoisotopic (exact) mass is 289 g/mol. The highest BCUT2D eigenvalue weighted by atomic mass is 17.3. The Labute approximate surface area is 123 Å². The summed E-state index contributed by atoms with van der Waals surface area (Å²) in [4.78, 5) is 21.3. The van der Waals surface area contributed by atoms with Gasteiger partial charge in [-0.3, -0.25) is 4.79 Å². The quantitative estimate of drug-likeness (QED) is 0.608. The summed E-state index contributed by atoms with van der Waals surface area (Å²) in [5.41, 5.74) is 3.10. The normalized spacial score (nSPS) is 20.3. The van der Waals surface area contributed by atoms with Crippen molar-refractivity contribution in [2.24, 2.45) is 0 Å². The minimum Gasteiger partial charge on any atom is -0.351 e. The van der Waals surface area contributed by atoms with Gasteiger partial charge in [0.1, 0.15) is 0 Å². The molecule has 0 saturated carbocycles. The van der Waals surface area contributed by atoms with Crippen molar-refractivity contribution >= 4 is 11.6 Å². The highest BCUT2D eigenvalue weighted by Gasteiger charge is 2.24. The second kappa shape index (κ2) is 6.26. The van der Waals surface area contributed by atoms with Crippen LogP contribution in [0.25, 0.3) is 5.70 Å². The molecular weight excluding hydrogens is 270 g/mol. The van der Waals surface area contributed by atoms with Crippen LogP contribution in [0, 0.1) is 0 Å². The van der Waals surface area contributed by atoms with Crippen LogP contribution in [0.2, 0.25) is 0 Å². The Morgan fingerprint density at radius 1 is 1.43 bits per heavy atom. The van der Waals surface area contributed by atoms with E-state index in [1.54, 1.807) is 5.06 Å². The molecule has 1 aromatic rings. The maximum absolute atomic E-state index is 11.9. The number of hydroxylamine groups is 2. The third kappa shape index (κ3) is 3.41. The number of rotatable bonds is 6. The topological polar surface area (TPSA) is 62.6 Å². The van der Waals surface area contributed by atoms with Crippen molar-refractivity contribution in [3.63, 3.8) is 0 Å². The predicted molar refractivity (Wildman–Crippen MR) is 77.2 cm³/mol. The van der Waals surface area contributed by atoms with Gasteiger partial charge in [-0.15, -0.1) is 4.99 Å². The van der Waals surface area contributed by atoms with Crippen molar-refractivity contribution in [3.8, 4) is 0 Å². The highest BCUT2D eigenvalue weighted by molar-refractivity contribution is 5.82. The molecule has 1 atom stereocenters. The van der Waals surface area contributed by atoms with E-state index in [2.05, 4.69) is 15.5 Å². The molecule has 2 N–H and O–H groups in total. The van der Waals surface area contributed by atoms with E-state index < -0.39 is 0 Å². The van der Waals surface area contributed by atoms with E-state index in [9.17, 15) is 4.79 Å². The fraction of sp³-hybridized carbons (Fsp3) is 0.400. The molecule has 0 spiro atoms. The standard InChI is InChI=1S/C15H19N3O3/c1-20-21-18-10-14(18)12-6-4-11(5-7-12)9-17-15(19)13-3-2-8-16-13/h4-7,10,13,16H,2-3,8-9H2,1H3,(H,17,19). The van der Waals surface area contributed by atoms with Gasteiger partial charge in [-0.25, -0.2) is 4.89 Å². The molecule has 0 aliphatic carbocycles. The number of amides is 1. The van der Waals surface area contributed by atoms with Gasteiger partial charge < -0.3 is 10.6 Å². The zero-order valence-corrected chi connectivity index (χ0v) is 12.0. The van der Waals surface area contributed by atoms with Crippen molar-refractivity contribution in [3.05, 3.63) is 41.6 Å². The Bertz CT molecular complexity index is 536. The molecule has 2 heterocycles. The summed E-state index contributed by atoms with van der Waals surface area (Å²) in [5.74, 6) is 0.0844. The molecule has 1 unspecified atom stereocenters. The maximum atomic E-state index is 11.9. The van der Waals surface area contributed by atoms with Gasteiger partial charge in [-0.05, 0) is 24.9 Å². The SMILES string of the molecule is COON1C=C1c1ccc(CNC(=O)C2CCCN2)cc1. The smallest absolute Gasteiger partial charge is 0.237 e. The molecule has 2 aliphatic heterocycles. The van der Waals surface area contributed by atoms with Gasteiger partial charge in [0.25, 0.3) is 0 Å². The van der Waals surface area contributed by atoms with E-state index >= 15 is 0 Å². The summed E-state index contributed by atoms with van der Waals surface area (Å²) in [5, 5.41) is 7.71. The number of hydrogen-bond donors (Lipinski definition) is 2. The van der Waals surface area contributed by atoms with Gasteiger partial charge in [-0.1, -0.05) is 24.3 Å². The Balaban J connectivity index is 1.48. The molecule has 1 amide bonds. The van der Waals surface area contributed by atoms with Crippen LogP contribution in [0.3, 0.4) is 0 Å². The summed E-state index contributed by atoms with van der Waals surface area (Å²) in [6, 6.07) is 7.98. The molecule has 6 heteroatoms. The first kappa shape index (κ1) is 14.1. The van der Waals surface area contributed by atoms with Gasteiger partial charge in [0, 0.05) is 12.1 Å². The minimum absolute atomic E-state index is 0.0272. The van der Waals surface area contributed by atoms with Crippen LogP contribution in [-0.2, 0) is 21.2 Å². The molecule has 3 rings (SSSR count). The third-order valence-electron chi connectivity index (χ3n) is 3.66. The molecule has 1 aromatic carbocycles. The molecule has 2 aliphatic rings. The molecular formula is C15H19N3O3. The first-order valence-corrected chi connectivity index (χ1v) is 7.10. The Hall–Kier alpha value is -1.89. The number of carbonyl (C=O) groups excluding carboxylic acids is 1. The summed E-state index contributed by atoms with van der Waals surface area (Å²) >= 11 is 0. The minimum atomic E-state index is -0.0272. The first-order chi connectivity index (χ1) is 10.3. The van der Waals surface area contributed by atoms with Crippen LogP contribution in [-0.4, -0.2) is 30.7 Å². The summed E-state index contributed by atoms with van der Waals surface area (Å²) in [6.07, 6.45) is 3.84. The largest absolute Gasteiger partial charge is 0.351 e. The zero-order valence-electron chi connectivity index (χ0n) is 12.0. The van der Waals surface area contributed by atoms with Gasteiger partial charge >= 0.3 is 0 Å². The van der Waals surface area contributed by atoms with E-state index in [0.29, 0.717) is 6.54 Å². The van der Waals surface area contributed by atoms with Crippen LogP contribution in [0.4, 0.5) is 0 Å². The van der Waals surface area contributed by atoms with Crippen molar-refractivity contribution in [2.45, 2.75) is 25.4 Å². The summed E-state index contributed by atoms with van der Waals surface area (Å²) in [7, 11) is 1.47. The molecule has 21 heavy (non-hydrogen) atoms. The first-order valence-electron chi connectivity index (χ1n) is 7.10. The fourth-order valence-electron chi connectivity index (χ4n) is 2.44. The summed E-state index contributed by atoms with van der Waals surface area (Å²) in [6.45, 7) is 1.48. The van der Waals surface area contributed by atoms with Crippen LogP contribution < -0.4 is 10.6 Å². The molecule has 0 radical (unpaired) electrons. The van der Waals surface area contributed by atoms with E-state index in [4.69, 9.17) is 4.99 Å². The lowest BCUT2D eigenvalue weighted by Crippen LogP contribution is -2.39. The Morgan fingerprint density at radius 2 is 2.24 bits per heavy atom. The van der Waals surface area contributed by atoms with Crippen LogP contribution in [0.15, 0.2) is 30.5 Å².